The number of hydrogen-bond donors (Lipinski definition) is 1. The molecular weight excluding hydrogens is 206 g/mol. The second kappa shape index (κ2) is 8.30. The molecule has 0 saturated carbocycles. The van der Waals surface area contributed by atoms with Gasteiger partial charge in [-0.3, -0.25) is 0 Å². The van der Waals surface area contributed by atoms with E-state index < -0.39 is 0 Å². The fourth-order valence-corrected chi connectivity index (χ4v) is 2.20. The lowest BCUT2D eigenvalue weighted by molar-refractivity contribution is 0.494. The summed E-state index contributed by atoms with van der Waals surface area (Å²) in [5, 5.41) is 3.64. The maximum Gasteiger partial charge on any atom is 0.0320 e. The van der Waals surface area contributed by atoms with Crippen molar-refractivity contribution in [3.05, 3.63) is 35.4 Å². The van der Waals surface area contributed by atoms with Crippen LogP contribution < -0.4 is 5.32 Å². The number of aryl methyl sites for hydroxylation is 1. The third-order valence-corrected chi connectivity index (χ3v) is 3.14. The van der Waals surface area contributed by atoms with Crippen molar-refractivity contribution in [2.75, 3.05) is 6.54 Å². The Bertz CT molecular complexity index is 289. The minimum Gasteiger partial charge on any atom is -0.310 e. The Morgan fingerprint density at radius 1 is 0.941 bits per heavy atom. The van der Waals surface area contributed by atoms with Gasteiger partial charge in [0.15, 0.2) is 0 Å². The zero-order valence-corrected chi connectivity index (χ0v) is 11.6. The van der Waals surface area contributed by atoms with E-state index in [-0.39, 0.29) is 0 Å². The largest absolute Gasteiger partial charge is 0.310 e. The van der Waals surface area contributed by atoms with E-state index in [1.807, 2.05) is 0 Å². The summed E-state index contributed by atoms with van der Waals surface area (Å²) in [5.74, 6) is 0. The molecule has 0 amide bonds. The highest BCUT2D eigenvalue weighted by Gasteiger charge is 2.08. The van der Waals surface area contributed by atoms with Gasteiger partial charge in [-0.05, 0) is 36.9 Å². The average Bonchev–Trinajstić information content (AvgIpc) is 2.36. The molecule has 1 aromatic rings. The van der Waals surface area contributed by atoms with Crippen molar-refractivity contribution in [2.24, 2.45) is 0 Å². The lowest BCUT2D eigenvalue weighted by Crippen LogP contribution is -2.21. The number of hydrogen-bond acceptors (Lipinski definition) is 1. The fraction of sp³-hybridized carbons (Fsp3) is 0.625. The zero-order chi connectivity index (χ0) is 12.5. The molecule has 0 aliphatic rings. The lowest BCUT2D eigenvalue weighted by atomic mass is 9.99. The van der Waals surface area contributed by atoms with Crippen LogP contribution in [-0.4, -0.2) is 6.54 Å². The Kier molecular flexibility index (Phi) is 6.95. The molecule has 0 saturated heterocycles. The van der Waals surface area contributed by atoms with Crippen molar-refractivity contribution in [3.8, 4) is 0 Å². The monoisotopic (exact) mass is 233 g/mol. The van der Waals surface area contributed by atoms with Gasteiger partial charge in [0.05, 0.1) is 0 Å². The quantitative estimate of drug-likeness (QED) is 0.698. The van der Waals surface area contributed by atoms with E-state index in [4.69, 9.17) is 0 Å². The molecule has 0 aromatic heterocycles. The van der Waals surface area contributed by atoms with E-state index in [0.717, 1.165) is 6.54 Å². The van der Waals surface area contributed by atoms with Gasteiger partial charge >= 0.3 is 0 Å². The first kappa shape index (κ1) is 14.2. The van der Waals surface area contributed by atoms with Crippen LogP contribution in [0.4, 0.5) is 0 Å². The molecule has 0 spiro atoms. The van der Waals surface area contributed by atoms with E-state index in [0.29, 0.717) is 6.04 Å². The van der Waals surface area contributed by atoms with Gasteiger partial charge < -0.3 is 5.32 Å². The van der Waals surface area contributed by atoms with Gasteiger partial charge in [0.25, 0.3) is 0 Å². The third-order valence-electron chi connectivity index (χ3n) is 3.14. The highest BCUT2D eigenvalue weighted by atomic mass is 14.9. The van der Waals surface area contributed by atoms with Gasteiger partial charge in [-0.15, -0.1) is 0 Å². The molecule has 96 valence electrons. The Balaban J connectivity index is 2.65. The molecular formula is C16H27N. The van der Waals surface area contributed by atoms with E-state index in [2.05, 4.69) is 50.4 Å². The smallest absolute Gasteiger partial charge is 0.0320 e. The van der Waals surface area contributed by atoms with Crippen molar-refractivity contribution in [1.82, 2.24) is 5.32 Å². The topological polar surface area (TPSA) is 12.0 Å². The van der Waals surface area contributed by atoms with Crippen molar-refractivity contribution >= 4 is 0 Å². The molecule has 1 atom stereocenters. The normalized spacial score (nSPS) is 12.6. The molecule has 17 heavy (non-hydrogen) atoms. The summed E-state index contributed by atoms with van der Waals surface area (Å²) < 4.78 is 0. The van der Waals surface area contributed by atoms with Gasteiger partial charge in [-0.2, -0.15) is 0 Å². The molecule has 1 unspecified atom stereocenters. The van der Waals surface area contributed by atoms with Crippen LogP contribution >= 0.6 is 0 Å². The standard InChI is InChI=1S/C16H27N/c1-4-7-14-9-11-15(12-10-14)16(8-5-2)17-13-6-3/h9-12,16-17H,4-8,13H2,1-3H3. The Labute approximate surface area is 107 Å². The van der Waals surface area contributed by atoms with Crippen molar-refractivity contribution in [2.45, 2.75) is 58.9 Å². The molecule has 0 bridgehead atoms. The molecule has 1 rings (SSSR count). The van der Waals surface area contributed by atoms with Gasteiger partial charge in [0.1, 0.15) is 0 Å². The molecule has 0 heterocycles. The zero-order valence-electron chi connectivity index (χ0n) is 11.6. The fourth-order valence-electron chi connectivity index (χ4n) is 2.20. The Morgan fingerprint density at radius 2 is 1.65 bits per heavy atom. The van der Waals surface area contributed by atoms with Crippen LogP contribution in [-0.2, 0) is 6.42 Å². The highest BCUT2D eigenvalue weighted by molar-refractivity contribution is 5.25. The summed E-state index contributed by atoms with van der Waals surface area (Å²) in [5.41, 5.74) is 2.90. The van der Waals surface area contributed by atoms with Crippen LogP contribution in [0.3, 0.4) is 0 Å². The summed E-state index contributed by atoms with van der Waals surface area (Å²) in [7, 11) is 0. The molecule has 1 nitrogen and oxygen atoms in total. The maximum absolute atomic E-state index is 3.64. The SMILES string of the molecule is CCCNC(CCC)c1ccc(CCC)cc1. The van der Waals surface area contributed by atoms with E-state index in [1.54, 1.807) is 0 Å². The van der Waals surface area contributed by atoms with Gasteiger partial charge in [0.2, 0.25) is 0 Å². The van der Waals surface area contributed by atoms with Crippen molar-refractivity contribution in [3.63, 3.8) is 0 Å². The van der Waals surface area contributed by atoms with Crippen LogP contribution in [0, 0.1) is 0 Å². The Morgan fingerprint density at radius 3 is 2.18 bits per heavy atom. The lowest BCUT2D eigenvalue weighted by Gasteiger charge is -2.18. The molecule has 0 aliphatic carbocycles. The average molecular weight is 233 g/mol. The van der Waals surface area contributed by atoms with Crippen molar-refractivity contribution in [1.29, 1.82) is 0 Å². The summed E-state index contributed by atoms with van der Waals surface area (Å²) in [6, 6.07) is 9.71. The summed E-state index contributed by atoms with van der Waals surface area (Å²) in [6.07, 6.45) is 6.09. The van der Waals surface area contributed by atoms with Crippen LogP contribution in [0.15, 0.2) is 24.3 Å². The first-order valence-electron chi connectivity index (χ1n) is 7.14. The first-order valence-corrected chi connectivity index (χ1v) is 7.14. The summed E-state index contributed by atoms with van der Waals surface area (Å²) >= 11 is 0. The van der Waals surface area contributed by atoms with Gasteiger partial charge in [-0.1, -0.05) is 57.9 Å². The predicted octanol–water partition coefficient (Wildman–Crippen LogP) is 4.48. The van der Waals surface area contributed by atoms with Gasteiger partial charge in [-0.25, -0.2) is 0 Å². The highest BCUT2D eigenvalue weighted by Crippen LogP contribution is 2.19. The molecule has 0 aliphatic heterocycles. The predicted molar refractivity (Wildman–Crippen MR) is 76.4 cm³/mol. The minimum atomic E-state index is 0.538. The minimum absolute atomic E-state index is 0.538. The number of rotatable bonds is 8. The molecule has 0 fully saturated rings. The summed E-state index contributed by atoms with van der Waals surface area (Å²) in [6.45, 7) is 7.82. The molecule has 1 heteroatoms. The van der Waals surface area contributed by atoms with Gasteiger partial charge in [0, 0.05) is 6.04 Å². The maximum atomic E-state index is 3.64. The summed E-state index contributed by atoms with van der Waals surface area (Å²) in [4.78, 5) is 0. The van der Waals surface area contributed by atoms with Crippen LogP contribution in [0.25, 0.3) is 0 Å². The third kappa shape index (κ3) is 4.91. The second-order valence-corrected chi connectivity index (χ2v) is 4.79. The number of benzene rings is 1. The van der Waals surface area contributed by atoms with E-state index in [1.165, 1.54) is 43.2 Å². The van der Waals surface area contributed by atoms with Crippen molar-refractivity contribution < 1.29 is 0 Å². The van der Waals surface area contributed by atoms with E-state index in [9.17, 15) is 0 Å². The molecule has 1 N–H and O–H groups in total. The van der Waals surface area contributed by atoms with E-state index >= 15 is 0 Å². The number of nitrogens with one attached hydrogen (secondary N) is 1. The van der Waals surface area contributed by atoms with Crippen LogP contribution in [0.1, 0.15) is 63.6 Å². The Hall–Kier alpha value is -0.820. The first-order chi connectivity index (χ1) is 8.31. The molecule has 0 radical (unpaired) electrons. The van der Waals surface area contributed by atoms with Crippen LogP contribution in [0.5, 0.6) is 0 Å². The second-order valence-electron chi connectivity index (χ2n) is 4.79. The molecule has 1 aromatic carbocycles. The van der Waals surface area contributed by atoms with Crippen LogP contribution in [0.2, 0.25) is 0 Å².